The minimum atomic E-state index is -3.80. The first-order chi connectivity index (χ1) is 12.4. The van der Waals surface area contributed by atoms with Gasteiger partial charge in [0.1, 0.15) is 5.82 Å². The van der Waals surface area contributed by atoms with E-state index in [0.29, 0.717) is 0 Å². The first-order valence-electron chi connectivity index (χ1n) is 7.80. The van der Waals surface area contributed by atoms with Gasteiger partial charge in [0.15, 0.2) is 5.82 Å². The van der Waals surface area contributed by atoms with Crippen LogP contribution in [0.15, 0.2) is 47.4 Å². The molecule has 0 aliphatic rings. The van der Waals surface area contributed by atoms with E-state index in [2.05, 4.69) is 21.0 Å². The first-order valence-corrected chi connectivity index (χ1v) is 10.4. The molecule has 0 spiro atoms. The largest absolute Gasteiger partial charge is 0.263 e. The maximum atomic E-state index is 14.0. The van der Waals surface area contributed by atoms with Gasteiger partial charge in [0.05, 0.1) is 15.5 Å². The molecule has 3 rings (SSSR count). The number of aromatic nitrogens is 2. The zero-order valence-electron chi connectivity index (χ0n) is 13.7. The van der Waals surface area contributed by atoms with E-state index >= 15 is 0 Å². The Kier molecular flexibility index (Phi) is 5.55. The van der Waals surface area contributed by atoms with Crippen molar-refractivity contribution in [1.29, 1.82) is 0 Å². The SMILES string of the molecule is CCCc1ccc(S(=O)(=O)Nc2nc(-c3c(F)cccc3Cl)ns2)cc1. The molecular formula is C17H15ClFN3O2S2. The molecule has 0 fully saturated rings. The average molecular weight is 412 g/mol. The number of rotatable bonds is 6. The summed E-state index contributed by atoms with van der Waals surface area (Å²) in [5, 5.41) is 0.195. The van der Waals surface area contributed by atoms with Crippen LogP contribution in [0, 0.1) is 5.82 Å². The molecule has 3 aromatic rings. The quantitative estimate of drug-likeness (QED) is 0.635. The van der Waals surface area contributed by atoms with Crippen LogP contribution in [0.2, 0.25) is 5.02 Å². The molecule has 0 saturated heterocycles. The lowest BCUT2D eigenvalue weighted by atomic mass is 10.1. The summed E-state index contributed by atoms with van der Waals surface area (Å²) in [7, 11) is -3.80. The minimum Gasteiger partial charge on any atom is -0.253 e. The summed E-state index contributed by atoms with van der Waals surface area (Å²) in [6.07, 6.45) is 1.87. The summed E-state index contributed by atoms with van der Waals surface area (Å²) in [4.78, 5) is 4.18. The van der Waals surface area contributed by atoms with Crippen LogP contribution < -0.4 is 4.72 Å². The van der Waals surface area contributed by atoms with E-state index in [4.69, 9.17) is 11.6 Å². The van der Waals surface area contributed by atoms with Crippen LogP contribution in [0.3, 0.4) is 0 Å². The normalized spacial score (nSPS) is 11.5. The van der Waals surface area contributed by atoms with Crippen molar-refractivity contribution in [3.05, 3.63) is 58.9 Å². The monoisotopic (exact) mass is 411 g/mol. The molecule has 0 bridgehead atoms. The van der Waals surface area contributed by atoms with E-state index in [9.17, 15) is 12.8 Å². The van der Waals surface area contributed by atoms with Gasteiger partial charge in [-0.25, -0.2) is 12.8 Å². The molecule has 1 N–H and O–H groups in total. The lowest BCUT2D eigenvalue weighted by Crippen LogP contribution is -2.12. The van der Waals surface area contributed by atoms with Gasteiger partial charge < -0.3 is 0 Å². The first kappa shape index (κ1) is 18.8. The Morgan fingerprint density at radius 3 is 2.58 bits per heavy atom. The molecule has 26 heavy (non-hydrogen) atoms. The fraction of sp³-hybridized carbons (Fsp3) is 0.176. The Hall–Kier alpha value is -2.03. The Labute approximate surface area is 160 Å². The fourth-order valence-corrected chi connectivity index (χ4v) is 4.42. The molecule has 0 saturated carbocycles. The maximum absolute atomic E-state index is 14.0. The van der Waals surface area contributed by atoms with Gasteiger partial charge in [-0.05, 0) is 36.2 Å². The number of nitrogens with one attached hydrogen (secondary N) is 1. The van der Waals surface area contributed by atoms with Gasteiger partial charge in [0, 0.05) is 11.5 Å². The maximum Gasteiger partial charge on any atom is 0.263 e. The third-order valence-electron chi connectivity index (χ3n) is 3.61. The molecule has 1 heterocycles. The molecule has 0 aliphatic carbocycles. The number of anilines is 1. The van der Waals surface area contributed by atoms with Crippen molar-refractivity contribution in [2.24, 2.45) is 0 Å². The highest BCUT2D eigenvalue weighted by atomic mass is 35.5. The summed E-state index contributed by atoms with van der Waals surface area (Å²) in [5.41, 5.74) is 1.11. The Bertz CT molecular complexity index is 1000. The third kappa shape index (κ3) is 4.03. The molecule has 0 radical (unpaired) electrons. The van der Waals surface area contributed by atoms with Crippen LogP contribution >= 0.6 is 23.1 Å². The van der Waals surface area contributed by atoms with Gasteiger partial charge in [-0.3, -0.25) is 4.72 Å². The second-order valence-corrected chi connectivity index (χ2v) is 8.36. The molecular weight excluding hydrogens is 397 g/mol. The summed E-state index contributed by atoms with van der Waals surface area (Å²) >= 11 is 6.81. The van der Waals surface area contributed by atoms with E-state index in [1.807, 2.05) is 0 Å². The van der Waals surface area contributed by atoms with Crippen molar-refractivity contribution in [1.82, 2.24) is 9.36 Å². The highest BCUT2D eigenvalue weighted by Gasteiger charge is 2.19. The predicted octanol–water partition coefficient (Wildman–Crippen LogP) is 4.75. The number of sulfonamides is 1. The molecule has 0 amide bonds. The van der Waals surface area contributed by atoms with E-state index in [0.717, 1.165) is 29.9 Å². The Morgan fingerprint density at radius 1 is 1.19 bits per heavy atom. The lowest BCUT2D eigenvalue weighted by molar-refractivity contribution is 0.601. The van der Waals surface area contributed by atoms with Gasteiger partial charge >= 0.3 is 0 Å². The molecule has 0 aliphatic heterocycles. The highest BCUT2D eigenvalue weighted by molar-refractivity contribution is 7.93. The molecule has 136 valence electrons. The smallest absolute Gasteiger partial charge is 0.253 e. The van der Waals surface area contributed by atoms with Crippen LogP contribution in [0.25, 0.3) is 11.4 Å². The van der Waals surface area contributed by atoms with Crippen LogP contribution in [0.4, 0.5) is 9.52 Å². The topological polar surface area (TPSA) is 72.0 Å². The minimum absolute atomic E-state index is 0.0362. The van der Waals surface area contributed by atoms with Gasteiger partial charge in [-0.2, -0.15) is 9.36 Å². The standard InChI is InChI=1S/C17H15ClFN3O2S2/c1-2-4-11-7-9-12(10-8-11)26(23,24)22-17-20-16(21-25-17)15-13(18)5-3-6-14(15)19/h3,5-10H,2,4H2,1H3,(H,20,21,22). The van der Waals surface area contributed by atoms with Crippen LogP contribution in [-0.2, 0) is 16.4 Å². The van der Waals surface area contributed by atoms with E-state index < -0.39 is 15.8 Å². The molecule has 1 aromatic heterocycles. The van der Waals surface area contributed by atoms with E-state index in [1.54, 1.807) is 24.3 Å². The van der Waals surface area contributed by atoms with Crippen LogP contribution in [-0.4, -0.2) is 17.8 Å². The average Bonchev–Trinajstić information content (AvgIpc) is 3.03. The second kappa shape index (κ2) is 7.69. The number of nitrogens with zero attached hydrogens (tertiary/aromatic N) is 2. The van der Waals surface area contributed by atoms with Gasteiger partial charge in [0.25, 0.3) is 10.0 Å². The summed E-state index contributed by atoms with van der Waals surface area (Å²) < 4.78 is 45.3. The zero-order valence-corrected chi connectivity index (χ0v) is 16.1. The van der Waals surface area contributed by atoms with Crippen molar-refractivity contribution in [3.8, 4) is 11.4 Å². The molecule has 9 heteroatoms. The fourth-order valence-electron chi connectivity index (χ4n) is 2.38. The molecule has 0 unspecified atom stereocenters. The molecule has 2 aromatic carbocycles. The van der Waals surface area contributed by atoms with Crippen molar-refractivity contribution >= 4 is 38.3 Å². The van der Waals surface area contributed by atoms with Gasteiger partial charge in [0.2, 0.25) is 5.13 Å². The van der Waals surface area contributed by atoms with Crippen molar-refractivity contribution in [2.75, 3.05) is 4.72 Å². The van der Waals surface area contributed by atoms with Crippen molar-refractivity contribution < 1.29 is 12.8 Å². The van der Waals surface area contributed by atoms with Crippen LogP contribution in [0.5, 0.6) is 0 Å². The summed E-state index contributed by atoms with van der Waals surface area (Å²) in [6.45, 7) is 2.06. The Morgan fingerprint density at radius 2 is 1.92 bits per heavy atom. The number of hydrogen-bond acceptors (Lipinski definition) is 5. The summed E-state index contributed by atoms with van der Waals surface area (Å²) in [5.74, 6) is -0.537. The molecule has 5 nitrogen and oxygen atoms in total. The molecule has 0 atom stereocenters. The van der Waals surface area contributed by atoms with E-state index in [1.165, 1.54) is 18.2 Å². The third-order valence-corrected chi connectivity index (χ3v) is 6.04. The second-order valence-electron chi connectivity index (χ2n) is 5.52. The Balaban J connectivity index is 1.84. The number of benzene rings is 2. The number of hydrogen-bond donors (Lipinski definition) is 1. The van der Waals surface area contributed by atoms with Crippen molar-refractivity contribution in [2.45, 2.75) is 24.7 Å². The zero-order chi connectivity index (χ0) is 18.7. The number of aryl methyl sites for hydroxylation is 1. The summed E-state index contributed by atoms with van der Waals surface area (Å²) in [6, 6.07) is 10.9. The predicted molar refractivity (Wildman–Crippen MR) is 102 cm³/mol. The van der Waals surface area contributed by atoms with Gasteiger partial charge in [-0.15, -0.1) is 0 Å². The lowest BCUT2D eigenvalue weighted by Gasteiger charge is -2.06. The van der Waals surface area contributed by atoms with Crippen molar-refractivity contribution in [3.63, 3.8) is 0 Å². The van der Waals surface area contributed by atoms with E-state index in [-0.39, 0.29) is 26.4 Å². The van der Waals surface area contributed by atoms with Gasteiger partial charge in [-0.1, -0.05) is 43.1 Å². The highest BCUT2D eigenvalue weighted by Crippen LogP contribution is 2.31. The van der Waals surface area contributed by atoms with Crippen LogP contribution in [0.1, 0.15) is 18.9 Å². The number of halogens is 2.